The first-order valence-electron chi connectivity index (χ1n) is 10.2. The maximum absolute atomic E-state index is 11.8. The summed E-state index contributed by atoms with van der Waals surface area (Å²) in [4.78, 5) is 13.2. The summed E-state index contributed by atoms with van der Waals surface area (Å²) in [5.74, 6) is 1.41. The molecule has 4 rings (SSSR count). The van der Waals surface area contributed by atoms with Crippen molar-refractivity contribution in [2.24, 2.45) is 0 Å². The highest BCUT2D eigenvalue weighted by Crippen LogP contribution is 2.34. The molecule has 0 saturated carbocycles. The molecule has 8 nitrogen and oxygen atoms in total. The minimum absolute atomic E-state index is 0.0301. The Labute approximate surface area is 180 Å². The first-order valence-corrected chi connectivity index (χ1v) is 10.2. The van der Waals surface area contributed by atoms with Gasteiger partial charge in [0.25, 0.3) is 5.69 Å². The van der Waals surface area contributed by atoms with Crippen LogP contribution in [-0.2, 0) is 13.0 Å². The second kappa shape index (κ2) is 8.79. The molecule has 0 atom stereocenters. The molecule has 0 saturated heterocycles. The number of hydrogen-bond acceptors (Lipinski definition) is 6. The number of nitrogens with zero attached hydrogens (tertiary/aromatic N) is 6. The summed E-state index contributed by atoms with van der Waals surface area (Å²) < 4.78 is 1.99. The molecule has 2 heterocycles. The number of hydrogen-bond donors (Lipinski definition) is 0. The molecule has 1 aliphatic rings. The molecule has 0 radical (unpaired) electrons. The fourth-order valence-electron chi connectivity index (χ4n) is 3.85. The first kappa shape index (κ1) is 20.3. The number of nitro groups is 1. The fraction of sp³-hybridized carbons (Fsp3) is 0.261. The van der Waals surface area contributed by atoms with E-state index in [-0.39, 0.29) is 5.69 Å². The third kappa shape index (κ3) is 4.16. The quantitative estimate of drug-likeness (QED) is 0.339. The molecule has 2 aromatic carbocycles. The van der Waals surface area contributed by atoms with Gasteiger partial charge < -0.3 is 9.47 Å². The van der Waals surface area contributed by atoms with Crippen molar-refractivity contribution >= 4 is 28.7 Å². The number of aromatic nitrogens is 3. The highest BCUT2D eigenvalue weighted by molar-refractivity contribution is 5.88. The van der Waals surface area contributed by atoms with Crippen LogP contribution in [0.4, 0.5) is 17.1 Å². The van der Waals surface area contributed by atoms with Crippen molar-refractivity contribution in [2.75, 3.05) is 11.9 Å². The number of allylic oxidation sites excluding steroid dienone is 1. The number of nitro benzene ring substituents is 1. The molecular formula is C23H22N6O2. The number of anilines is 2. The van der Waals surface area contributed by atoms with Crippen molar-refractivity contribution in [2.45, 2.75) is 32.2 Å². The van der Waals surface area contributed by atoms with E-state index in [1.54, 1.807) is 30.2 Å². The monoisotopic (exact) mass is 414 g/mol. The standard InChI is InChI=1S/C23H22N6O2/c1-27(19-8-4-2-5-9-19)20-12-11-17(15-21(20)29(30)31)14-18(16-24)23-26-25-22-10-6-3-7-13-28(22)23/h2,4-5,8-9,11-12,14-15H,3,6-7,10,13H2,1H3. The highest BCUT2D eigenvalue weighted by Gasteiger charge is 2.21. The molecular weight excluding hydrogens is 392 g/mol. The number of para-hydroxylation sites is 1. The van der Waals surface area contributed by atoms with Crippen molar-refractivity contribution in [1.29, 1.82) is 5.26 Å². The predicted molar refractivity (Wildman–Crippen MR) is 119 cm³/mol. The minimum atomic E-state index is -0.402. The van der Waals surface area contributed by atoms with Crippen molar-refractivity contribution in [1.82, 2.24) is 14.8 Å². The zero-order valence-corrected chi connectivity index (χ0v) is 17.2. The van der Waals surface area contributed by atoms with Crippen LogP contribution in [0.15, 0.2) is 48.5 Å². The van der Waals surface area contributed by atoms with Gasteiger partial charge in [0.15, 0.2) is 5.82 Å². The second-order valence-corrected chi connectivity index (χ2v) is 7.47. The average molecular weight is 414 g/mol. The van der Waals surface area contributed by atoms with Crippen LogP contribution in [0.5, 0.6) is 0 Å². The Hall–Kier alpha value is -3.99. The summed E-state index contributed by atoms with van der Waals surface area (Å²) in [6.07, 6.45) is 5.69. The lowest BCUT2D eigenvalue weighted by molar-refractivity contribution is -0.384. The van der Waals surface area contributed by atoms with Gasteiger partial charge in [0.2, 0.25) is 0 Å². The highest BCUT2D eigenvalue weighted by atomic mass is 16.6. The maximum atomic E-state index is 11.8. The number of nitriles is 1. The Morgan fingerprint density at radius 3 is 2.74 bits per heavy atom. The molecule has 3 aromatic rings. The molecule has 1 aliphatic heterocycles. The van der Waals surface area contributed by atoms with E-state index in [1.807, 2.05) is 34.9 Å². The van der Waals surface area contributed by atoms with Gasteiger partial charge in [0.1, 0.15) is 17.6 Å². The van der Waals surface area contributed by atoms with Gasteiger partial charge in [-0.15, -0.1) is 10.2 Å². The Kier molecular flexibility index (Phi) is 5.76. The Morgan fingerprint density at radius 2 is 2.00 bits per heavy atom. The van der Waals surface area contributed by atoms with Gasteiger partial charge in [0.05, 0.1) is 10.5 Å². The summed E-state index contributed by atoms with van der Waals surface area (Å²) in [5.41, 5.74) is 2.21. The lowest BCUT2D eigenvalue weighted by atomic mass is 10.1. The predicted octanol–water partition coefficient (Wildman–Crippen LogP) is 4.74. The van der Waals surface area contributed by atoms with Crippen LogP contribution in [0.25, 0.3) is 11.6 Å². The van der Waals surface area contributed by atoms with Crippen LogP contribution in [0.2, 0.25) is 0 Å². The molecule has 0 spiro atoms. The molecule has 0 fully saturated rings. The number of fused-ring (bicyclic) bond motifs is 1. The number of aryl methyl sites for hydroxylation is 1. The topological polar surface area (TPSA) is 101 Å². The van der Waals surface area contributed by atoms with Crippen molar-refractivity contribution in [3.8, 4) is 6.07 Å². The van der Waals surface area contributed by atoms with Crippen LogP contribution in [0.1, 0.15) is 36.5 Å². The third-order valence-electron chi connectivity index (χ3n) is 5.48. The van der Waals surface area contributed by atoms with E-state index in [0.717, 1.165) is 43.7 Å². The normalized spacial score (nSPS) is 13.7. The SMILES string of the molecule is CN(c1ccccc1)c1ccc(C=C(C#N)c2nnc3n2CCCCC3)cc1[N+](=O)[O-]. The van der Waals surface area contributed by atoms with E-state index in [4.69, 9.17) is 0 Å². The number of benzene rings is 2. The Bertz CT molecular complexity index is 1180. The molecule has 0 amide bonds. The summed E-state index contributed by atoms with van der Waals surface area (Å²) in [6.45, 7) is 0.775. The average Bonchev–Trinajstić information content (AvgIpc) is 3.04. The number of rotatable bonds is 5. The van der Waals surface area contributed by atoms with Crippen molar-refractivity contribution in [3.05, 3.63) is 75.9 Å². The van der Waals surface area contributed by atoms with Gasteiger partial charge in [-0.25, -0.2) is 0 Å². The fourth-order valence-corrected chi connectivity index (χ4v) is 3.85. The molecule has 0 aliphatic carbocycles. The Morgan fingerprint density at radius 1 is 1.19 bits per heavy atom. The van der Waals surface area contributed by atoms with E-state index >= 15 is 0 Å². The maximum Gasteiger partial charge on any atom is 0.293 e. The van der Waals surface area contributed by atoms with E-state index in [0.29, 0.717) is 22.6 Å². The molecule has 31 heavy (non-hydrogen) atoms. The van der Waals surface area contributed by atoms with E-state index in [1.165, 1.54) is 6.07 Å². The van der Waals surface area contributed by atoms with Crippen molar-refractivity contribution in [3.63, 3.8) is 0 Å². The molecule has 1 aromatic heterocycles. The van der Waals surface area contributed by atoms with Gasteiger partial charge >= 0.3 is 0 Å². The van der Waals surface area contributed by atoms with Crippen LogP contribution in [-0.4, -0.2) is 26.7 Å². The summed E-state index contributed by atoms with van der Waals surface area (Å²) in [7, 11) is 1.79. The lowest BCUT2D eigenvalue weighted by Gasteiger charge is -2.19. The molecule has 0 N–H and O–H groups in total. The van der Waals surface area contributed by atoms with E-state index in [2.05, 4.69) is 16.3 Å². The van der Waals surface area contributed by atoms with Crippen LogP contribution >= 0.6 is 0 Å². The lowest BCUT2D eigenvalue weighted by Crippen LogP contribution is -2.11. The second-order valence-electron chi connectivity index (χ2n) is 7.47. The van der Waals surface area contributed by atoms with Crippen LogP contribution in [0, 0.1) is 21.4 Å². The summed E-state index contributed by atoms with van der Waals surface area (Å²) >= 11 is 0. The van der Waals surface area contributed by atoms with E-state index < -0.39 is 4.92 Å². The van der Waals surface area contributed by atoms with E-state index in [9.17, 15) is 15.4 Å². The van der Waals surface area contributed by atoms with Gasteiger partial charge in [0, 0.05) is 31.8 Å². The largest absolute Gasteiger partial charge is 0.339 e. The molecule has 0 unspecified atom stereocenters. The van der Waals surface area contributed by atoms with Crippen LogP contribution in [0.3, 0.4) is 0 Å². The zero-order chi connectivity index (χ0) is 21.8. The molecule has 8 heteroatoms. The molecule has 156 valence electrons. The summed E-state index contributed by atoms with van der Waals surface area (Å²) in [6, 6.07) is 16.6. The van der Waals surface area contributed by atoms with Crippen LogP contribution < -0.4 is 4.90 Å². The molecule has 0 bridgehead atoms. The van der Waals surface area contributed by atoms with Gasteiger partial charge in [-0.3, -0.25) is 10.1 Å². The van der Waals surface area contributed by atoms with Gasteiger partial charge in [-0.2, -0.15) is 5.26 Å². The Balaban J connectivity index is 1.72. The van der Waals surface area contributed by atoms with Crippen molar-refractivity contribution < 1.29 is 4.92 Å². The summed E-state index contributed by atoms with van der Waals surface area (Å²) in [5, 5.41) is 30.0. The minimum Gasteiger partial charge on any atom is -0.339 e. The first-order chi connectivity index (χ1) is 15.1. The third-order valence-corrected chi connectivity index (χ3v) is 5.48. The van der Waals surface area contributed by atoms with Gasteiger partial charge in [-0.05, 0) is 42.7 Å². The zero-order valence-electron chi connectivity index (χ0n) is 17.2. The van der Waals surface area contributed by atoms with Gasteiger partial charge in [-0.1, -0.05) is 30.7 Å². The smallest absolute Gasteiger partial charge is 0.293 e.